The van der Waals surface area contributed by atoms with Gasteiger partial charge in [-0.15, -0.1) is 0 Å². The molecule has 106 valence electrons. The van der Waals surface area contributed by atoms with Crippen LogP contribution in [0.3, 0.4) is 0 Å². The number of rotatable bonds is 7. The number of ether oxygens (including phenoxy) is 1. The lowest BCUT2D eigenvalue weighted by molar-refractivity contribution is 0.0394. The van der Waals surface area contributed by atoms with E-state index in [1.807, 2.05) is 30.3 Å². The molecule has 0 spiro atoms. The molecule has 4 nitrogen and oxygen atoms in total. The quantitative estimate of drug-likeness (QED) is 0.844. The second kappa shape index (κ2) is 7.89. The van der Waals surface area contributed by atoms with E-state index in [1.165, 1.54) is 0 Å². The Morgan fingerprint density at radius 1 is 1.15 bits per heavy atom. The number of hydrogen-bond acceptors (Lipinski definition) is 4. The Morgan fingerprint density at radius 2 is 1.90 bits per heavy atom. The minimum Gasteiger partial charge on any atom is -0.390 e. The van der Waals surface area contributed by atoms with Gasteiger partial charge in [0.15, 0.2) is 0 Å². The minimum absolute atomic E-state index is 0.131. The number of pyridine rings is 1. The average molecular weight is 291 g/mol. The zero-order valence-electron chi connectivity index (χ0n) is 11.0. The van der Waals surface area contributed by atoms with Crippen LogP contribution in [0.25, 0.3) is 0 Å². The molecule has 0 radical (unpaired) electrons. The van der Waals surface area contributed by atoms with Gasteiger partial charge in [-0.1, -0.05) is 36.4 Å². The van der Waals surface area contributed by atoms with Gasteiger partial charge in [-0.05, 0) is 17.7 Å². The van der Waals surface area contributed by atoms with Crippen molar-refractivity contribution in [1.82, 2.24) is 4.98 Å². The van der Waals surface area contributed by atoms with Crippen LogP contribution >= 0.6 is 0 Å². The van der Waals surface area contributed by atoms with Crippen molar-refractivity contribution >= 4 is 10.8 Å². The van der Waals surface area contributed by atoms with Crippen LogP contribution in [0.2, 0.25) is 0 Å². The molecular weight excluding hydrogens is 274 g/mol. The van der Waals surface area contributed by atoms with Crippen LogP contribution in [0.1, 0.15) is 5.56 Å². The van der Waals surface area contributed by atoms with Crippen molar-refractivity contribution in [1.29, 1.82) is 0 Å². The van der Waals surface area contributed by atoms with Gasteiger partial charge in [0.2, 0.25) is 0 Å². The summed E-state index contributed by atoms with van der Waals surface area (Å²) >= 11 is 0. The summed E-state index contributed by atoms with van der Waals surface area (Å²) in [5, 5.41) is 10.3. The fourth-order valence-electron chi connectivity index (χ4n) is 1.68. The van der Waals surface area contributed by atoms with E-state index in [9.17, 15) is 9.32 Å². The van der Waals surface area contributed by atoms with Crippen molar-refractivity contribution in [3.63, 3.8) is 0 Å². The smallest absolute Gasteiger partial charge is 0.127 e. The van der Waals surface area contributed by atoms with Gasteiger partial charge in [-0.3, -0.25) is 4.21 Å². The minimum atomic E-state index is -1.30. The van der Waals surface area contributed by atoms with E-state index in [-0.39, 0.29) is 12.4 Å². The summed E-state index contributed by atoms with van der Waals surface area (Å²) in [5.41, 5.74) is 1.05. The fourth-order valence-corrected chi connectivity index (χ4v) is 2.70. The van der Waals surface area contributed by atoms with Crippen molar-refractivity contribution in [2.75, 3.05) is 12.4 Å². The van der Waals surface area contributed by atoms with Gasteiger partial charge in [0.25, 0.3) is 0 Å². The van der Waals surface area contributed by atoms with Gasteiger partial charge >= 0.3 is 0 Å². The zero-order chi connectivity index (χ0) is 14.2. The Kier molecular flexibility index (Phi) is 5.86. The largest absolute Gasteiger partial charge is 0.390 e. The van der Waals surface area contributed by atoms with E-state index in [0.29, 0.717) is 11.6 Å². The predicted octanol–water partition coefficient (Wildman–Crippen LogP) is 1.77. The molecule has 1 aromatic carbocycles. The topological polar surface area (TPSA) is 59.4 Å². The molecule has 1 aromatic heterocycles. The third kappa shape index (κ3) is 4.85. The number of hydrogen-bond donors (Lipinski definition) is 1. The SMILES string of the molecule is O=S(CC(O)COCc1ccccc1)c1ccccn1. The second-order valence-electron chi connectivity index (χ2n) is 4.33. The number of aliphatic hydroxyl groups is 1. The van der Waals surface area contributed by atoms with E-state index in [4.69, 9.17) is 4.74 Å². The molecule has 0 aliphatic heterocycles. The summed E-state index contributed by atoms with van der Waals surface area (Å²) in [4.78, 5) is 4.01. The van der Waals surface area contributed by atoms with Gasteiger partial charge in [0, 0.05) is 6.20 Å². The standard InChI is InChI=1S/C15H17NO3S/c17-14(11-19-10-13-6-2-1-3-7-13)12-20(18)15-8-4-5-9-16-15/h1-9,14,17H,10-12H2. The first-order valence-electron chi connectivity index (χ1n) is 6.35. The molecule has 0 bridgehead atoms. The molecule has 0 amide bonds. The number of benzene rings is 1. The van der Waals surface area contributed by atoms with Crippen LogP contribution in [0.5, 0.6) is 0 Å². The highest BCUT2D eigenvalue weighted by Crippen LogP contribution is 2.05. The highest BCUT2D eigenvalue weighted by Gasteiger charge is 2.12. The molecule has 1 N–H and O–H groups in total. The third-order valence-electron chi connectivity index (χ3n) is 2.64. The zero-order valence-corrected chi connectivity index (χ0v) is 11.8. The van der Waals surface area contributed by atoms with E-state index in [0.717, 1.165) is 5.56 Å². The Morgan fingerprint density at radius 3 is 2.60 bits per heavy atom. The highest BCUT2D eigenvalue weighted by atomic mass is 32.2. The second-order valence-corrected chi connectivity index (χ2v) is 5.78. The molecule has 0 fully saturated rings. The molecular formula is C15H17NO3S. The van der Waals surface area contributed by atoms with Crippen LogP contribution in [-0.2, 0) is 22.1 Å². The Hall–Kier alpha value is -1.56. The van der Waals surface area contributed by atoms with Gasteiger partial charge < -0.3 is 9.84 Å². The molecule has 2 unspecified atom stereocenters. The lowest BCUT2D eigenvalue weighted by Crippen LogP contribution is -2.23. The Bertz CT molecular complexity index is 533. The summed E-state index contributed by atoms with van der Waals surface area (Å²) in [5.74, 6) is 0.131. The molecule has 0 saturated carbocycles. The average Bonchev–Trinajstić information content (AvgIpc) is 2.49. The normalized spacial score (nSPS) is 13.8. The summed E-state index contributed by atoms with van der Waals surface area (Å²) in [7, 11) is -1.30. The highest BCUT2D eigenvalue weighted by molar-refractivity contribution is 7.85. The van der Waals surface area contributed by atoms with Gasteiger partial charge in [0.05, 0.1) is 35.9 Å². The van der Waals surface area contributed by atoms with E-state index in [1.54, 1.807) is 24.4 Å². The lowest BCUT2D eigenvalue weighted by atomic mass is 10.2. The molecule has 1 heterocycles. The third-order valence-corrected chi connectivity index (χ3v) is 4.03. The summed E-state index contributed by atoms with van der Waals surface area (Å²) in [6.07, 6.45) is 0.826. The predicted molar refractivity (Wildman–Crippen MR) is 77.6 cm³/mol. The van der Waals surface area contributed by atoms with Gasteiger partial charge in [-0.25, -0.2) is 4.98 Å². The van der Waals surface area contributed by atoms with Crippen LogP contribution in [0, 0.1) is 0 Å². The van der Waals surface area contributed by atoms with Crippen LogP contribution in [0.15, 0.2) is 59.8 Å². The molecule has 2 atom stereocenters. The molecule has 0 aliphatic rings. The van der Waals surface area contributed by atoms with Gasteiger partial charge in [-0.2, -0.15) is 0 Å². The van der Waals surface area contributed by atoms with Crippen molar-refractivity contribution in [2.45, 2.75) is 17.7 Å². The molecule has 20 heavy (non-hydrogen) atoms. The number of aliphatic hydroxyl groups excluding tert-OH is 1. The van der Waals surface area contributed by atoms with Gasteiger partial charge in [0.1, 0.15) is 5.03 Å². The summed E-state index contributed by atoms with van der Waals surface area (Å²) < 4.78 is 17.3. The summed E-state index contributed by atoms with van der Waals surface area (Å²) in [6.45, 7) is 0.599. The maximum absolute atomic E-state index is 11.9. The van der Waals surface area contributed by atoms with Crippen LogP contribution in [0.4, 0.5) is 0 Å². The maximum Gasteiger partial charge on any atom is 0.127 e. The number of nitrogens with zero attached hydrogens (tertiary/aromatic N) is 1. The molecule has 5 heteroatoms. The first kappa shape index (κ1) is 14.8. The number of aromatic nitrogens is 1. The maximum atomic E-state index is 11.9. The summed E-state index contributed by atoms with van der Waals surface area (Å²) in [6, 6.07) is 15.0. The first-order chi connectivity index (χ1) is 9.75. The van der Waals surface area contributed by atoms with Crippen LogP contribution in [-0.4, -0.2) is 32.8 Å². The van der Waals surface area contributed by atoms with E-state index >= 15 is 0 Å². The van der Waals surface area contributed by atoms with Crippen molar-refractivity contribution < 1.29 is 14.1 Å². The molecule has 0 saturated heterocycles. The fraction of sp³-hybridized carbons (Fsp3) is 0.267. The first-order valence-corrected chi connectivity index (χ1v) is 7.67. The monoisotopic (exact) mass is 291 g/mol. The molecule has 0 aliphatic carbocycles. The van der Waals surface area contributed by atoms with Crippen LogP contribution < -0.4 is 0 Å². The molecule has 2 rings (SSSR count). The Balaban J connectivity index is 1.73. The Labute approximate surface area is 120 Å². The lowest BCUT2D eigenvalue weighted by Gasteiger charge is -2.10. The van der Waals surface area contributed by atoms with Crippen molar-refractivity contribution in [3.8, 4) is 0 Å². The van der Waals surface area contributed by atoms with E-state index in [2.05, 4.69) is 4.98 Å². The van der Waals surface area contributed by atoms with Crippen molar-refractivity contribution in [3.05, 3.63) is 60.3 Å². The van der Waals surface area contributed by atoms with E-state index < -0.39 is 16.9 Å². The van der Waals surface area contributed by atoms with Crippen molar-refractivity contribution in [2.24, 2.45) is 0 Å². The molecule has 2 aromatic rings.